The zero-order chi connectivity index (χ0) is 24.8. The minimum absolute atomic E-state index is 0.139. The van der Waals surface area contributed by atoms with Gasteiger partial charge in [-0.1, -0.05) is 41.9 Å². The number of carbonyl (C=O) groups excluding carboxylic acids is 2. The lowest BCUT2D eigenvalue weighted by Gasteiger charge is -2.10. The van der Waals surface area contributed by atoms with E-state index in [9.17, 15) is 9.59 Å². The third-order valence-electron chi connectivity index (χ3n) is 6.35. The molecule has 36 heavy (non-hydrogen) atoms. The van der Waals surface area contributed by atoms with Gasteiger partial charge < -0.3 is 10.3 Å². The first-order valence-electron chi connectivity index (χ1n) is 11.7. The molecule has 180 valence electrons. The van der Waals surface area contributed by atoms with Crippen molar-refractivity contribution in [3.05, 3.63) is 99.0 Å². The molecule has 2 aromatic carbocycles. The van der Waals surface area contributed by atoms with E-state index in [1.165, 1.54) is 4.88 Å². The Morgan fingerprint density at radius 1 is 1.08 bits per heavy atom. The number of ketones is 1. The van der Waals surface area contributed by atoms with Crippen LogP contribution in [0.3, 0.4) is 0 Å². The van der Waals surface area contributed by atoms with Crippen molar-refractivity contribution in [2.45, 2.75) is 32.2 Å². The summed E-state index contributed by atoms with van der Waals surface area (Å²) >= 11 is 7.94. The van der Waals surface area contributed by atoms with Gasteiger partial charge in [-0.2, -0.15) is 0 Å². The lowest BCUT2D eigenvalue weighted by atomic mass is 10.0. The van der Waals surface area contributed by atoms with E-state index in [0.717, 1.165) is 28.7 Å². The van der Waals surface area contributed by atoms with E-state index in [0.29, 0.717) is 39.4 Å². The number of aromatic amines is 1. The van der Waals surface area contributed by atoms with Crippen molar-refractivity contribution in [3.8, 4) is 5.00 Å². The lowest BCUT2D eigenvalue weighted by molar-refractivity contribution is 0.0944. The van der Waals surface area contributed by atoms with E-state index in [1.807, 2.05) is 54.0 Å². The minimum Gasteiger partial charge on any atom is -0.351 e. The molecule has 0 unspecified atom stereocenters. The number of nitrogens with zero attached hydrogens (tertiary/aromatic N) is 3. The zero-order valence-electron chi connectivity index (χ0n) is 19.4. The number of fused-ring (bicyclic) bond motifs is 1. The Balaban J connectivity index is 1.33. The summed E-state index contributed by atoms with van der Waals surface area (Å²) in [5.74, 6) is 1.29. The van der Waals surface area contributed by atoms with Crippen LogP contribution in [0.1, 0.15) is 61.7 Å². The van der Waals surface area contributed by atoms with Crippen molar-refractivity contribution in [2.75, 3.05) is 0 Å². The van der Waals surface area contributed by atoms with Crippen LogP contribution in [-0.2, 0) is 6.54 Å². The highest BCUT2D eigenvalue weighted by atomic mass is 35.5. The number of benzene rings is 2. The van der Waals surface area contributed by atoms with Crippen LogP contribution in [-0.4, -0.2) is 31.4 Å². The molecule has 3 heterocycles. The lowest BCUT2D eigenvalue weighted by Crippen LogP contribution is -2.25. The number of para-hydroxylation sites is 1. The maximum absolute atomic E-state index is 13.6. The highest BCUT2D eigenvalue weighted by molar-refractivity contribution is 7.15. The maximum atomic E-state index is 13.6. The second-order valence-electron chi connectivity index (χ2n) is 8.90. The average molecular weight is 516 g/mol. The molecule has 7 nitrogen and oxygen atoms in total. The second kappa shape index (κ2) is 9.04. The molecule has 2 N–H and O–H groups in total. The molecular formula is C27H22ClN5O2S. The summed E-state index contributed by atoms with van der Waals surface area (Å²) in [6.07, 6.45) is 2.24. The number of aromatic nitrogens is 4. The molecule has 5 aromatic rings. The molecule has 0 spiro atoms. The predicted octanol–water partition coefficient (Wildman–Crippen LogP) is 5.81. The van der Waals surface area contributed by atoms with Crippen molar-refractivity contribution >= 4 is 45.5 Å². The van der Waals surface area contributed by atoms with Gasteiger partial charge >= 0.3 is 0 Å². The number of amides is 1. The van der Waals surface area contributed by atoms with E-state index in [-0.39, 0.29) is 18.2 Å². The Bertz CT molecular complexity index is 1600. The molecule has 0 saturated heterocycles. The molecule has 6 rings (SSSR count). The number of rotatable bonds is 7. The van der Waals surface area contributed by atoms with Crippen LogP contribution in [0, 0.1) is 6.92 Å². The fraction of sp³-hybridized carbons (Fsp3) is 0.185. The average Bonchev–Trinajstić information content (AvgIpc) is 3.32. The van der Waals surface area contributed by atoms with Gasteiger partial charge in [-0.25, -0.2) is 0 Å². The van der Waals surface area contributed by atoms with Crippen molar-refractivity contribution in [2.24, 2.45) is 0 Å². The number of hydrogen-bond acceptors (Lipinski definition) is 5. The van der Waals surface area contributed by atoms with Gasteiger partial charge in [0, 0.05) is 21.3 Å². The van der Waals surface area contributed by atoms with Crippen molar-refractivity contribution in [1.29, 1.82) is 0 Å². The van der Waals surface area contributed by atoms with E-state index in [4.69, 9.17) is 11.6 Å². The Labute approximate surface area is 216 Å². The monoisotopic (exact) mass is 515 g/mol. The van der Waals surface area contributed by atoms with Crippen molar-refractivity contribution in [1.82, 2.24) is 25.1 Å². The molecule has 1 fully saturated rings. The van der Waals surface area contributed by atoms with E-state index in [1.54, 1.807) is 29.5 Å². The Kier molecular flexibility index (Phi) is 5.70. The van der Waals surface area contributed by atoms with Gasteiger partial charge in [-0.15, -0.1) is 21.5 Å². The third kappa shape index (κ3) is 4.12. The largest absolute Gasteiger partial charge is 0.351 e. The number of H-pyrrole nitrogens is 1. The van der Waals surface area contributed by atoms with Gasteiger partial charge in [0.05, 0.1) is 17.1 Å². The molecule has 0 bridgehead atoms. The third-order valence-corrected chi connectivity index (χ3v) is 7.96. The molecule has 1 aliphatic rings. The molecule has 0 radical (unpaired) electrons. The van der Waals surface area contributed by atoms with Gasteiger partial charge in [0.1, 0.15) is 16.5 Å². The van der Waals surface area contributed by atoms with Crippen LogP contribution >= 0.6 is 22.9 Å². The smallest absolute Gasteiger partial charge is 0.268 e. The Morgan fingerprint density at radius 2 is 1.86 bits per heavy atom. The number of thiophene rings is 1. The summed E-state index contributed by atoms with van der Waals surface area (Å²) < 4.78 is 1.87. The van der Waals surface area contributed by atoms with Crippen LogP contribution < -0.4 is 5.32 Å². The number of aryl methyl sites for hydroxylation is 1. The van der Waals surface area contributed by atoms with Gasteiger partial charge in [0.2, 0.25) is 0 Å². The summed E-state index contributed by atoms with van der Waals surface area (Å²) in [6.45, 7) is 2.00. The van der Waals surface area contributed by atoms with E-state index in [2.05, 4.69) is 20.5 Å². The standard InChI is InChI=1S/C27H22ClN5O2S/c1-15-31-32-24(14-29-26(35)22-12-17-6-2-5-9-21(17)30-22)33(15)27-19(13-23(36-27)16-10-11-16)25(34)18-7-3-4-8-20(18)28/h2-9,12-13,16,30H,10-11,14H2,1H3,(H,29,35). The van der Waals surface area contributed by atoms with Crippen LogP contribution in [0.2, 0.25) is 5.02 Å². The molecular weight excluding hydrogens is 494 g/mol. The van der Waals surface area contributed by atoms with Gasteiger partial charge in [-0.3, -0.25) is 14.2 Å². The quantitative estimate of drug-likeness (QED) is 0.267. The normalized spacial score (nSPS) is 13.3. The highest BCUT2D eigenvalue weighted by Gasteiger charge is 2.30. The topological polar surface area (TPSA) is 92.7 Å². The number of halogens is 1. The zero-order valence-corrected chi connectivity index (χ0v) is 21.0. The maximum Gasteiger partial charge on any atom is 0.268 e. The number of nitrogens with one attached hydrogen (secondary N) is 2. The first kappa shape index (κ1) is 22.7. The fourth-order valence-electron chi connectivity index (χ4n) is 4.32. The van der Waals surface area contributed by atoms with Gasteiger partial charge in [0.15, 0.2) is 11.6 Å². The van der Waals surface area contributed by atoms with Crippen LogP contribution in [0.4, 0.5) is 0 Å². The SMILES string of the molecule is Cc1nnc(CNC(=O)c2cc3ccccc3[nH]2)n1-c1sc(C2CC2)cc1C(=O)c1ccccc1Cl. The molecule has 1 saturated carbocycles. The second-order valence-corrected chi connectivity index (χ2v) is 10.4. The highest BCUT2D eigenvalue weighted by Crippen LogP contribution is 2.46. The van der Waals surface area contributed by atoms with Crippen molar-refractivity contribution in [3.63, 3.8) is 0 Å². The van der Waals surface area contributed by atoms with Crippen LogP contribution in [0.15, 0.2) is 60.7 Å². The van der Waals surface area contributed by atoms with E-state index >= 15 is 0 Å². The number of hydrogen-bond donors (Lipinski definition) is 2. The van der Waals surface area contributed by atoms with Crippen LogP contribution in [0.5, 0.6) is 0 Å². The fourth-order valence-corrected chi connectivity index (χ4v) is 5.94. The summed E-state index contributed by atoms with van der Waals surface area (Å²) in [5, 5.41) is 13.6. The summed E-state index contributed by atoms with van der Waals surface area (Å²) in [5.41, 5.74) is 2.40. The Hall–Kier alpha value is -3.75. The molecule has 3 aromatic heterocycles. The first-order chi connectivity index (χ1) is 17.5. The summed E-state index contributed by atoms with van der Waals surface area (Å²) in [4.78, 5) is 30.8. The van der Waals surface area contributed by atoms with Gasteiger partial charge in [-0.05, 0) is 56.0 Å². The summed E-state index contributed by atoms with van der Waals surface area (Å²) in [7, 11) is 0. The predicted molar refractivity (Wildman–Crippen MR) is 140 cm³/mol. The summed E-state index contributed by atoms with van der Waals surface area (Å²) in [6, 6.07) is 18.6. The molecule has 1 aliphatic carbocycles. The minimum atomic E-state index is -0.240. The molecule has 0 atom stereocenters. The van der Waals surface area contributed by atoms with Gasteiger partial charge in [0.25, 0.3) is 5.91 Å². The molecule has 9 heteroatoms. The van der Waals surface area contributed by atoms with Crippen molar-refractivity contribution < 1.29 is 9.59 Å². The molecule has 0 aliphatic heterocycles. The van der Waals surface area contributed by atoms with E-state index < -0.39 is 0 Å². The van der Waals surface area contributed by atoms with Crippen LogP contribution in [0.25, 0.3) is 15.9 Å². The number of carbonyl (C=O) groups is 2. The molecule has 1 amide bonds. The Morgan fingerprint density at radius 3 is 2.64 bits per heavy atom. The first-order valence-corrected chi connectivity index (χ1v) is 12.9.